The molecule has 0 aromatic rings. The number of hydrogen-bond acceptors (Lipinski definition) is 6. The van der Waals surface area contributed by atoms with Gasteiger partial charge in [0.1, 0.15) is 12.6 Å². The minimum atomic E-state index is -0.544. The van der Waals surface area contributed by atoms with Gasteiger partial charge in [0, 0.05) is 7.11 Å². The molecule has 114 valence electrons. The second kappa shape index (κ2) is 12.3. The summed E-state index contributed by atoms with van der Waals surface area (Å²) in [6.45, 7) is 6.71. The molecule has 2 N–H and O–H groups in total. The van der Waals surface area contributed by atoms with Crippen molar-refractivity contribution in [2.24, 2.45) is 11.7 Å². The van der Waals surface area contributed by atoms with Crippen molar-refractivity contribution in [3.8, 4) is 0 Å². The summed E-state index contributed by atoms with van der Waals surface area (Å²) in [5, 5.41) is 0. The first-order chi connectivity index (χ1) is 9.07. The molecular weight excluding hydrogens is 250 g/mol. The van der Waals surface area contributed by atoms with Crippen molar-refractivity contribution in [1.82, 2.24) is 0 Å². The van der Waals surface area contributed by atoms with Crippen molar-refractivity contribution in [2.75, 3.05) is 46.8 Å². The molecule has 0 heterocycles. The quantitative estimate of drug-likeness (QED) is 0.415. The van der Waals surface area contributed by atoms with E-state index in [0.29, 0.717) is 45.4 Å². The molecule has 0 saturated heterocycles. The zero-order valence-electron chi connectivity index (χ0n) is 12.2. The number of carbonyl (C=O) groups is 1. The van der Waals surface area contributed by atoms with Gasteiger partial charge in [-0.25, -0.2) is 0 Å². The minimum absolute atomic E-state index is 0.225. The van der Waals surface area contributed by atoms with E-state index in [1.54, 1.807) is 7.11 Å². The van der Waals surface area contributed by atoms with Gasteiger partial charge in [-0.15, -0.1) is 0 Å². The van der Waals surface area contributed by atoms with Crippen molar-refractivity contribution in [2.45, 2.75) is 26.3 Å². The summed E-state index contributed by atoms with van der Waals surface area (Å²) in [7, 11) is 1.62. The Morgan fingerprint density at radius 2 is 1.53 bits per heavy atom. The first-order valence-electron chi connectivity index (χ1n) is 6.64. The zero-order chi connectivity index (χ0) is 14.5. The lowest BCUT2D eigenvalue weighted by atomic mass is 10.1. The van der Waals surface area contributed by atoms with E-state index < -0.39 is 6.04 Å². The van der Waals surface area contributed by atoms with Crippen LogP contribution in [-0.2, 0) is 23.7 Å². The van der Waals surface area contributed by atoms with E-state index in [1.807, 2.05) is 13.8 Å². The largest absolute Gasteiger partial charge is 0.462 e. The Labute approximate surface area is 115 Å². The van der Waals surface area contributed by atoms with Crippen LogP contribution in [0, 0.1) is 5.92 Å². The number of methoxy groups -OCH3 is 1. The highest BCUT2D eigenvalue weighted by Gasteiger charge is 2.15. The van der Waals surface area contributed by atoms with Gasteiger partial charge < -0.3 is 24.7 Å². The van der Waals surface area contributed by atoms with Crippen molar-refractivity contribution in [3.63, 3.8) is 0 Å². The van der Waals surface area contributed by atoms with Crippen LogP contribution < -0.4 is 5.73 Å². The van der Waals surface area contributed by atoms with E-state index in [9.17, 15) is 4.79 Å². The van der Waals surface area contributed by atoms with Gasteiger partial charge in [0.25, 0.3) is 0 Å². The summed E-state index contributed by atoms with van der Waals surface area (Å²) >= 11 is 0. The number of esters is 1. The summed E-state index contributed by atoms with van der Waals surface area (Å²) in [6.07, 6.45) is 0.632. The monoisotopic (exact) mass is 277 g/mol. The molecule has 6 nitrogen and oxygen atoms in total. The van der Waals surface area contributed by atoms with Crippen molar-refractivity contribution in [3.05, 3.63) is 0 Å². The average molecular weight is 277 g/mol. The standard InChI is InChI=1S/C13H27NO5/c1-11(2)10-12(14)13(15)19-9-8-18-7-6-17-5-4-16-3/h11-12H,4-10,14H2,1-3H3/t12-/m1/s1. The molecule has 0 aliphatic rings. The van der Waals surface area contributed by atoms with Crippen LogP contribution in [0.4, 0.5) is 0 Å². The summed E-state index contributed by atoms with van der Waals surface area (Å²) < 4.78 is 20.3. The highest BCUT2D eigenvalue weighted by Crippen LogP contribution is 2.03. The fourth-order valence-electron chi connectivity index (χ4n) is 1.38. The Morgan fingerprint density at radius 1 is 1.00 bits per heavy atom. The molecule has 0 amide bonds. The molecule has 0 fully saturated rings. The van der Waals surface area contributed by atoms with Crippen LogP contribution in [0.25, 0.3) is 0 Å². The van der Waals surface area contributed by atoms with Crippen molar-refractivity contribution in [1.29, 1.82) is 0 Å². The number of ether oxygens (including phenoxy) is 4. The Bertz CT molecular complexity index is 223. The van der Waals surface area contributed by atoms with Gasteiger partial charge in [0.05, 0.1) is 33.0 Å². The van der Waals surface area contributed by atoms with Gasteiger partial charge in [-0.05, 0) is 12.3 Å². The van der Waals surface area contributed by atoms with Crippen LogP contribution in [0.1, 0.15) is 20.3 Å². The number of nitrogens with two attached hydrogens (primary N) is 1. The molecule has 0 aromatic carbocycles. The molecule has 19 heavy (non-hydrogen) atoms. The third-order valence-corrected chi connectivity index (χ3v) is 2.30. The van der Waals surface area contributed by atoms with Crippen LogP contribution in [0.2, 0.25) is 0 Å². The molecule has 6 heteroatoms. The molecule has 0 radical (unpaired) electrons. The fourth-order valence-corrected chi connectivity index (χ4v) is 1.38. The predicted molar refractivity (Wildman–Crippen MR) is 71.9 cm³/mol. The third-order valence-electron chi connectivity index (χ3n) is 2.30. The SMILES string of the molecule is COCCOCCOCCOC(=O)[C@H](N)CC(C)C. The summed E-state index contributed by atoms with van der Waals surface area (Å²) in [5.41, 5.74) is 5.68. The lowest BCUT2D eigenvalue weighted by Crippen LogP contribution is -2.34. The van der Waals surface area contributed by atoms with Crippen molar-refractivity contribution >= 4 is 5.97 Å². The molecule has 0 saturated carbocycles. The van der Waals surface area contributed by atoms with E-state index in [2.05, 4.69) is 0 Å². The Hall–Kier alpha value is -0.690. The van der Waals surface area contributed by atoms with Gasteiger partial charge in [0.2, 0.25) is 0 Å². The van der Waals surface area contributed by atoms with Crippen LogP contribution in [0.5, 0.6) is 0 Å². The number of carbonyl (C=O) groups excluding carboxylic acids is 1. The maximum atomic E-state index is 11.4. The van der Waals surface area contributed by atoms with E-state index in [1.165, 1.54) is 0 Å². The first kappa shape index (κ1) is 18.3. The van der Waals surface area contributed by atoms with E-state index in [4.69, 9.17) is 24.7 Å². The van der Waals surface area contributed by atoms with E-state index in [-0.39, 0.29) is 12.6 Å². The van der Waals surface area contributed by atoms with Crippen LogP contribution >= 0.6 is 0 Å². The van der Waals surface area contributed by atoms with Gasteiger partial charge in [-0.1, -0.05) is 13.8 Å². The second-order valence-electron chi connectivity index (χ2n) is 4.62. The van der Waals surface area contributed by atoms with Gasteiger partial charge >= 0.3 is 5.97 Å². The van der Waals surface area contributed by atoms with Gasteiger partial charge in [0.15, 0.2) is 0 Å². The highest BCUT2D eigenvalue weighted by atomic mass is 16.6. The zero-order valence-corrected chi connectivity index (χ0v) is 12.2. The summed E-state index contributed by atoms with van der Waals surface area (Å²) in [5.74, 6) is 0.0108. The molecule has 0 rings (SSSR count). The Kier molecular flexibility index (Phi) is 11.9. The summed E-state index contributed by atoms with van der Waals surface area (Å²) in [4.78, 5) is 11.4. The van der Waals surface area contributed by atoms with Crippen LogP contribution in [-0.4, -0.2) is 58.8 Å². The topological polar surface area (TPSA) is 80.0 Å². The molecule has 0 bridgehead atoms. The Morgan fingerprint density at radius 3 is 2.05 bits per heavy atom. The normalized spacial score (nSPS) is 12.7. The molecule has 0 aliphatic carbocycles. The molecule has 0 unspecified atom stereocenters. The maximum Gasteiger partial charge on any atom is 0.322 e. The summed E-state index contributed by atoms with van der Waals surface area (Å²) in [6, 6.07) is -0.544. The molecule has 1 atom stereocenters. The predicted octanol–water partition coefficient (Wildman–Crippen LogP) is 0.583. The second-order valence-corrected chi connectivity index (χ2v) is 4.62. The van der Waals surface area contributed by atoms with E-state index >= 15 is 0 Å². The van der Waals surface area contributed by atoms with Gasteiger partial charge in [-0.3, -0.25) is 4.79 Å². The smallest absolute Gasteiger partial charge is 0.322 e. The molecule has 0 spiro atoms. The minimum Gasteiger partial charge on any atom is -0.462 e. The van der Waals surface area contributed by atoms with E-state index in [0.717, 1.165) is 0 Å². The Balaban J connectivity index is 3.32. The average Bonchev–Trinajstić information content (AvgIpc) is 2.35. The van der Waals surface area contributed by atoms with Crippen LogP contribution in [0.15, 0.2) is 0 Å². The maximum absolute atomic E-state index is 11.4. The van der Waals surface area contributed by atoms with Crippen molar-refractivity contribution < 1.29 is 23.7 Å². The highest BCUT2D eigenvalue weighted by molar-refractivity contribution is 5.75. The lowest BCUT2D eigenvalue weighted by Gasteiger charge is -2.13. The molecular formula is C13H27NO5. The number of rotatable bonds is 12. The number of hydrogen-bond donors (Lipinski definition) is 1. The van der Waals surface area contributed by atoms with Crippen LogP contribution in [0.3, 0.4) is 0 Å². The third kappa shape index (κ3) is 12.1. The molecule has 0 aliphatic heterocycles. The molecule has 0 aromatic heterocycles. The fraction of sp³-hybridized carbons (Fsp3) is 0.923. The van der Waals surface area contributed by atoms with Gasteiger partial charge in [-0.2, -0.15) is 0 Å². The lowest BCUT2D eigenvalue weighted by molar-refractivity contribution is -0.147. The first-order valence-corrected chi connectivity index (χ1v) is 6.64.